The molecule has 0 fully saturated rings. The Morgan fingerprint density at radius 3 is 1.73 bits per heavy atom. The zero-order valence-corrected chi connectivity index (χ0v) is 24.8. The molecule has 0 radical (unpaired) electrons. The lowest BCUT2D eigenvalue weighted by molar-refractivity contribution is 0.926. The first-order valence-electron chi connectivity index (χ1n) is 15.0. The van der Waals surface area contributed by atoms with Crippen molar-refractivity contribution in [2.24, 2.45) is 0 Å². The molecule has 0 aliphatic heterocycles. The van der Waals surface area contributed by atoms with Gasteiger partial charge in [0, 0.05) is 38.5 Å². The Bertz CT molecular complexity index is 2320. The molecule has 3 aromatic heterocycles. The fourth-order valence-electron chi connectivity index (χ4n) is 6.35. The summed E-state index contributed by atoms with van der Waals surface area (Å²) in [6, 6.07) is 43.7. The molecule has 8 rings (SSSR count). The van der Waals surface area contributed by atoms with Crippen molar-refractivity contribution in [3.05, 3.63) is 151 Å². The summed E-state index contributed by atoms with van der Waals surface area (Å²) in [5.74, 6) is 1.78. The van der Waals surface area contributed by atoms with E-state index in [1.165, 1.54) is 5.39 Å². The number of hydrogen-bond donors (Lipinski definition) is 0. The van der Waals surface area contributed by atoms with E-state index in [1.54, 1.807) is 0 Å². The maximum absolute atomic E-state index is 5.17. The molecule has 5 heteroatoms. The highest BCUT2D eigenvalue weighted by atomic mass is 15.2. The molecule has 45 heavy (non-hydrogen) atoms. The minimum atomic E-state index is 0.547. The number of hydrogen-bond acceptors (Lipinski definition) is 3. The molecule has 3 heterocycles. The molecule has 0 unspecified atom stereocenters. The number of allylic oxidation sites excluding steroid dienone is 1. The SMILES string of the molecule is C=Cc1c(/C=C\C)n(-c2nc(-c3ccccc3)nc(-c3ccccc3)n2)c2c1ccc1c3ccccc3n(-c3ccccc3)c12. The third kappa shape index (κ3) is 4.28. The normalized spacial score (nSPS) is 11.7. The number of aromatic nitrogens is 5. The van der Waals surface area contributed by atoms with E-state index in [4.69, 9.17) is 15.0 Å². The molecule has 5 nitrogen and oxygen atoms in total. The van der Waals surface area contributed by atoms with Gasteiger partial charge in [-0.15, -0.1) is 0 Å². The Hall–Kier alpha value is -6.07. The third-order valence-corrected chi connectivity index (χ3v) is 8.27. The molecule has 0 saturated carbocycles. The maximum atomic E-state index is 5.17. The number of para-hydroxylation sites is 2. The van der Waals surface area contributed by atoms with Gasteiger partial charge in [0.15, 0.2) is 11.6 Å². The van der Waals surface area contributed by atoms with Crippen molar-refractivity contribution < 1.29 is 0 Å². The first kappa shape index (κ1) is 26.5. The second kappa shape index (κ2) is 10.9. The first-order chi connectivity index (χ1) is 22.3. The fraction of sp³-hybridized carbons (Fsp3) is 0.0250. The van der Waals surface area contributed by atoms with Gasteiger partial charge in [-0.05, 0) is 31.2 Å². The molecule has 0 aliphatic rings. The van der Waals surface area contributed by atoms with Crippen LogP contribution in [0.4, 0.5) is 0 Å². The van der Waals surface area contributed by atoms with Gasteiger partial charge in [0.05, 0.1) is 22.2 Å². The first-order valence-corrected chi connectivity index (χ1v) is 15.0. The van der Waals surface area contributed by atoms with Crippen LogP contribution in [0.1, 0.15) is 18.2 Å². The Morgan fingerprint density at radius 2 is 1.11 bits per heavy atom. The van der Waals surface area contributed by atoms with Gasteiger partial charge in [-0.1, -0.05) is 128 Å². The lowest BCUT2D eigenvalue weighted by atomic mass is 10.1. The van der Waals surface area contributed by atoms with E-state index < -0.39 is 0 Å². The van der Waals surface area contributed by atoms with Crippen LogP contribution in [0.25, 0.3) is 79.3 Å². The van der Waals surface area contributed by atoms with E-state index in [1.807, 2.05) is 73.7 Å². The molecule has 0 saturated heterocycles. The van der Waals surface area contributed by atoms with Crippen LogP contribution in [0, 0.1) is 0 Å². The van der Waals surface area contributed by atoms with Crippen LogP contribution < -0.4 is 0 Å². The van der Waals surface area contributed by atoms with E-state index >= 15 is 0 Å². The minimum Gasteiger partial charge on any atom is -0.307 e. The van der Waals surface area contributed by atoms with Crippen molar-refractivity contribution in [3.63, 3.8) is 0 Å². The van der Waals surface area contributed by atoms with E-state index in [0.29, 0.717) is 17.6 Å². The number of rotatable bonds is 6. The topological polar surface area (TPSA) is 48.5 Å². The van der Waals surface area contributed by atoms with E-state index in [-0.39, 0.29) is 0 Å². The molecule has 0 bridgehead atoms. The molecular formula is C40H29N5. The van der Waals surface area contributed by atoms with Crippen molar-refractivity contribution in [2.45, 2.75) is 6.92 Å². The number of nitrogens with zero attached hydrogens (tertiary/aromatic N) is 5. The minimum absolute atomic E-state index is 0.547. The van der Waals surface area contributed by atoms with Crippen LogP contribution >= 0.6 is 0 Å². The molecule has 0 N–H and O–H groups in total. The van der Waals surface area contributed by atoms with Gasteiger partial charge in [0.2, 0.25) is 5.95 Å². The predicted molar refractivity (Wildman–Crippen MR) is 187 cm³/mol. The van der Waals surface area contributed by atoms with Crippen molar-refractivity contribution in [2.75, 3.05) is 0 Å². The Kier molecular flexibility index (Phi) is 6.42. The lowest BCUT2D eigenvalue weighted by Crippen LogP contribution is -2.08. The summed E-state index contributed by atoms with van der Waals surface area (Å²) in [4.78, 5) is 15.3. The summed E-state index contributed by atoms with van der Waals surface area (Å²) >= 11 is 0. The van der Waals surface area contributed by atoms with Crippen molar-refractivity contribution in [1.29, 1.82) is 0 Å². The average Bonchev–Trinajstić information content (AvgIpc) is 3.61. The molecule has 0 spiro atoms. The maximum Gasteiger partial charge on any atom is 0.238 e. The standard InChI is InChI=1S/C40H29N5/c1-3-16-34-30(4-2)32-25-26-33-31-23-14-15-24-35(31)44(29-21-12-7-13-22-29)36(33)37(32)45(34)40-42-38(27-17-8-5-9-18-27)41-39(43-40)28-19-10-6-11-20-28/h3-26H,2H2,1H3/b16-3-. The molecule has 8 aromatic rings. The van der Waals surface area contributed by atoms with Crippen molar-refractivity contribution in [1.82, 2.24) is 24.1 Å². The second-order valence-corrected chi connectivity index (χ2v) is 10.9. The van der Waals surface area contributed by atoms with Crippen LogP contribution in [-0.2, 0) is 0 Å². The average molecular weight is 580 g/mol. The third-order valence-electron chi connectivity index (χ3n) is 8.27. The van der Waals surface area contributed by atoms with E-state index in [9.17, 15) is 0 Å². The Morgan fingerprint density at radius 1 is 0.556 bits per heavy atom. The molecular weight excluding hydrogens is 550 g/mol. The Labute approximate surface area is 261 Å². The van der Waals surface area contributed by atoms with Crippen LogP contribution in [-0.4, -0.2) is 24.1 Å². The zero-order chi connectivity index (χ0) is 30.3. The molecule has 214 valence electrons. The van der Waals surface area contributed by atoms with Crippen molar-refractivity contribution in [3.8, 4) is 34.4 Å². The van der Waals surface area contributed by atoms with Gasteiger partial charge >= 0.3 is 0 Å². The van der Waals surface area contributed by atoms with Crippen molar-refractivity contribution >= 4 is 44.9 Å². The fourth-order valence-corrected chi connectivity index (χ4v) is 6.35. The van der Waals surface area contributed by atoms with Gasteiger partial charge in [-0.3, -0.25) is 4.57 Å². The molecule has 5 aromatic carbocycles. The van der Waals surface area contributed by atoms with Gasteiger partial charge in [-0.2, -0.15) is 9.97 Å². The second-order valence-electron chi connectivity index (χ2n) is 10.9. The predicted octanol–water partition coefficient (Wildman–Crippen LogP) is 9.92. The van der Waals surface area contributed by atoms with Gasteiger partial charge < -0.3 is 4.57 Å². The molecule has 0 amide bonds. The van der Waals surface area contributed by atoms with E-state index in [2.05, 4.69) is 94.6 Å². The number of benzene rings is 5. The Balaban J connectivity index is 1.58. The molecule has 0 aliphatic carbocycles. The summed E-state index contributed by atoms with van der Waals surface area (Å²) in [5, 5.41) is 3.42. The highest BCUT2D eigenvalue weighted by Crippen LogP contribution is 2.41. The summed E-state index contributed by atoms with van der Waals surface area (Å²) in [5.41, 5.74) is 8.16. The lowest BCUT2D eigenvalue weighted by Gasteiger charge is -2.14. The van der Waals surface area contributed by atoms with Gasteiger partial charge in [-0.25, -0.2) is 4.98 Å². The zero-order valence-electron chi connectivity index (χ0n) is 24.8. The highest BCUT2D eigenvalue weighted by molar-refractivity contribution is 6.19. The quantitative estimate of drug-likeness (QED) is 0.197. The highest BCUT2D eigenvalue weighted by Gasteiger charge is 2.24. The summed E-state index contributed by atoms with van der Waals surface area (Å²) in [6.45, 7) is 6.29. The summed E-state index contributed by atoms with van der Waals surface area (Å²) in [6.07, 6.45) is 6.11. The smallest absolute Gasteiger partial charge is 0.238 e. The van der Waals surface area contributed by atoms with Crippen LogP contribution in [0.5, 0.6) is 0 Å². The van der Waals surface area contributed by atoms with Gasteiger partial charge in [0.25, 0.3) is 0 Å². The monoisotopic (exact) mass is 579 g/mol. The largest absolute Gasteiger partial charge is 0.307 e. The van der Waals surface area contributed by atoms with E-state index in [0.717, 1.165) is 55.4 Å². The number of fused-ring (bicyclic) bond motifs is 5. The van der Waals surface area contributed by atoms with Crippen LogP contribution in [0.3, 0.4) is 0 Å². The van der Waals surface area contributed by atoms with Crippen LogP contribution in [0.15, 0.2) is 140 Å². The molecule has 0 atom stereocenters. The summed E-state index contributed by atoms with van der Waals surface area (Å²) in [7, 11) is 0. The van der Waals surface area contributed by atoms with Gasteiger partial charge in [0.1, 0.15) is 0 Å². The summed E-state index contributed by atoms with van der Waals surface area (Å²) < 4.78 is 4.54. The van der Waals surface area contributed by atoms with Crippen LogP contribution in [0.2, 0.25) is 0 Å².